The topological polar surface area (TPSA) is 117 Å². The van der Waals surface area contributed by atoms with Gasteiger partial charge in [0.05, 0.1) is 17.5 Å². The lowest BCUT2D eigenvalue weighted by atomic mass is 10.1. The number of alkyl halides is 5. The normalized spacial score (nSPS) is 19.8. The Morgan fingerprint density at radius 1 is 1.27 bits per heavy atom. The van der Waals surface area contributed by atoms with E-state index in [4.69, 9.17) is 9.84 Å². The zero-order chi connectivity index (χ0) is 29.6. The zero-order valence-electron chi connectivity index (χ0n) is 22.2. The molecular weight excluding hydrogens is 561 g/mol. The second kappa shape index (κ2) is 13.6. The predicted octanol–water partition coefficient (Wildman–Crippen LogP) is 4.65. The lowest BCUT2D eigenvalue weighted by molar-refractivity contribution is -0.142. The molecule has 40 heavy (non-hydrogen) atoms. The van der Waals surface area contributed by atoms with Gasteiger partial charge in [-0.05, 0) is 38.7 Å². The Hall–Kier alpha value is -2.91. The van der Waals surface area contributed by atoms with Crippen molar-refractivity contribution in [3.63, 3.8) is 0 Å². The van der Waals surface area contributed by atoms with Crippen molar-refractivity contribution in [3.8, 4) is 10.4 Å². The second-order valence-corrected chi connectivity index (χ2v) is 10.3. The minimum absolute atomic E-state index is 0.0131. The molecule has 0 bridgehead atoms. The number of carbonyl (C=O) groups is 2. The monoisotopic (exact) mass is 593 g/mol. The van der Waals surface area contributed by atoms with E-state index in [0.29, 0.717) is 26.2 Å². The van der Waals surface area contributed by atoms with Crippen molar-refractivity contribution in [1.82, 2.24) is 20.2 Å². The SMILES string of the molecule is CCC(Nc1cc(C(F)F)c(-c2sc(C(=O)NC3CCOC3)nc2C(=O)N2CCCC2C)cn1)C(F)(F)F.CO. The third-order valence-corrected chi connectivity index (χ3v) is 7.73. The summed E-state index contributed by atoms with van der Waals surface area (Å²) in [6, 6.07) is -1.47. The molecule has 2 aromatic rings. The number of hydrogen-bond donors (Lipinski definition) is 3. The smallest absolute Gasteiger partial charge is 0.400 e. The zero-order valence-corrected chi connectivity index (χ0v) is 23.0. The van der Waals surface area contributed by atoms with Crippen LogP contribution < -0.4 is 10.6 Å². The number of thiazole rings is 1. The molecule has 4 heterocycles. The van der Waals surface area contributed by atoms with Crippen molar-refractivity contribution < 1.29 is 41.4 Å². The number of hydrogen-bond acceptors (Lipinski definition) is 8. The number of nitrogens with zero attached hydrogens (tertiary/aromatic N) is 3. The molecule has 0 aromatic carbocycles. The summed E-state index contributed by atoms with van der Waals surface area (Å²) < 4.78 is 73.3. The molecule has 0 aliphatic carbocycles. The molecular formula is C25H32F5N5O4S. The molecule has 2 fully saturated rings. The second-order valence-electron chi connectivity index (χ2n) is 9.32. The number of aromatic nitrogens is 2. The van der Waals surface area contributed by atoms with Gasteiger partial charge in [-0.3, -0.25) is 9.59 Å². The molecule has 15 heteroatoms. The molecule has 3 unspecified atom stereocenters. The number of aliphatic hydroxyl groups excluding tert-OH is 1. The van der Waals surface area contributed by atoms with Crippen LogP contribution in [0.15, 0.2) is 12.3 Å². The highest BCUT2D eigenvalue weighted by atomic mass is 32.1. The van der Waals surface area contributed by atoms with Crippen molar-refractivity contribution in [2.75, 3.05) is 32.2 Å². The van der Waals surface area contributed by atoms with Gasteiger partial charge in [0.2, 0.25) is 0 Å². The van der Waals surface area contributed by atoms with Crippen molar-refractivity contribution >= 4 is 29.0 Å². The average Bonchev–Trinajstić information content (AvgIpc) is 3.68. The number of likely N-dealkylation sites (tertiary alicyclic amines) is 1. The lowest BCUT2D eigenvalue weighted by Gasteiger charge is -2.22. The summed E-state index contributed by atoms with van der Waals surface area (Å²) in [5.74, 6) is -1.45. The standard InChI is InChI=1S/C24H28F5N5O3S.CH4O/c1-3-16(24(27,28)29)32-17-9-14(20(25)26)15(10-30-17)19-18(23(36)34-7-4-5-12(34)2)33-22(38-19)21(35)31-13-6-8-37-11-13;1-2/h9-10,12-13,16,20H,3-8,11H2,1-2H3,(H,30,32)(H,31,35);2H,1H3. The number of carbonyl (C=O) groups excluding carboxylic acids is 2. The van der Waals surface area contributed by atoms with Gasteiger partial charge in [-0.1, -0.05) is 6.92 Å². The van der Waals surface area contributed by atoms with E-state index in [0.717, 1.165) is 43.6 Å². The Morgan fingerprint density at radius 2 is 2.00 bits per heavy atom. The predicted molar refractivity (Wildman–Crippen MR) is 139 cm³/mol. The molecule has 2 amide bonds. The number of ether oxygens (including phenoxy) is 1. The molecule has 3 N–H and O–H groups in total. The number of nitrogens with one attached hydrogen (secondary N) is 2. The van der Waals surface area contributed by atoms with E-state index >= 15 is 0 Å². The fourth-order valence-electron chi connectivity index (χ4n) is 4.53. The highest BCUT2D eigenvalue weighted by Crippen LogP contribution is 2.39. The van der Waals surface area contributed by atoms with Crippen LogP contribution in [0.4, 0.5) is 27.8 Å². The summed E-state index contributed by atoms with van der Waals surface area (Å²) in [4.78, 5) is 36.1. The number of halogens is 5. The van der Waals surface area contributed by atoms with Gasteiger partial charge in [0.1, 0.15) is 17.6 Å². The van der Waals surface area contributed by atoms with E-state index in [-0.39, 0.29) is 45.5 Å². The number of amides is 2. The van der Waals surface area contributed by atoms with Crippen molar-refractivity contribution in [3.05, 3.63) is 28.5 Å². The Morgan fingerprint density at radius 3 is 2.55 bits per heavy atom. The highest BCUT2D eigenvalue weighted by Gasteiger charge is 2.39. The number of anilines is 1. The molecule has 9 nitrogen and oxygen atoms in total. The first-order valence-electron chi connectivity index (χ1n) is 12.8. The number of aliphatic hydroxyl groups is 1. The van der Waals surface area contributed by atoms with Gasteiger partial charge in [0.15, 0.2) is 5.01 Å². The Labute approximate surface area is 232 Å². The third kappa shape index (κ3) is 7.23. The largest absolute Gasteiger partial charge is 0.408 e. The van der Waals surface area contributed by atoms with E-state index in [1.165, 1.54) is 6.92 Å². The van der Waals surface area contributed by atoms with Gasteiger partial charge in [0, 0.05) is 43.6 Å². The summed E-state index contributed by atoms with van der Waals surface area (Å²) >= 11 is 0.767. The summed E-state index contributed by atoms with van der Waals surface area (Å²) in [5, 5.41) is 11.8. The van der Waals surface area contributed by atoms with Crippen LogP contribution in [0.25, 0.3) is 10.4 Å². The molecule has 3 atom stereocenters. The van der Waals surface area contributed by atoms with Crippen LogP contribution in [0.5, 0.6) is 0 Å². The van der Waals surface area contributed by atoms with E-state index in [1.807, 2.05) is 6.92 Å². The third-order valence-electron chi connectivity index (χ3n) is 6.64. The van der Waals surface area contributed by atoms with Crippen LogP contribution in [0.1, 0.15) is 71.8 Å². The van der Waals surface area contributed by atoms with Gasteiger partial charge < -0.3 is 25.4 Å². The summed E-state index contributed by atoms with van der Waals surface area (Å²) in [7, 11) is 1.00. The van der Waals surface area contributed by atoms with Crippen molar-refractivity contribution in [2.45, 2.75) is 70.3 Å². The summed E-state index contributed by atoms with van der Waals surface area (Å²) in [6.45, 7) is 4.44. The first-order valence-corrected chi connectivity index (χ1v) is 13.6. The number of rotatable bonds is 8. The molecule has 2 aromatic heterocycles. The van der Waals surface area contributed by atoms with Crippen LogP contribution in [0, 0.1) is 0 Å². The molecule has 2 aliphatic rings. The average molecular weight is 594 g/mol. The fraction of sp³-hybridized carbons (Fsp3) is 0.600. The lowest BCUT2D eigenvalue weighted by Crippen LogP contribution is -2.36. The molecule has 0 saturated carbocycles. The van der Waals surface area contributed by atoms with E-state index in [2.05, 4.69) is 20.6 Å². The maximum absolute atomic E-state index is 14.2. The minimum Gasteiger partial charge on any atom is -0.400 e. The van der Waals surface area contributed by atoms with Crippen LogP contribution >= 0.6 is 11.3 Å². The van der Waals surface area contributed by atoms with Gasteiger partial charge in [0.25, 0.3) is 18.2 Å². The van der Waals surface area contributed by atoms with Crippen LogP contribution in [-0.4, -0.2) is 83.0 Å². The molecule has 222 valence electrons. The van der Waals surface area contributed by atoms with Crippen LogP contribution in [0.3, 0.4) is 0 Å². The fourth-order valence-corrected chi connectivity index (χ4v) is 5.52. The van der Waals surface area contributed by atoms with Gasteiger partial charge in [-0.25, -0.2) is 18.7 Å². The van der Waals surface area contributed by atoms with Gasteiger partial charge in [-0.15, -0.1) is 11.3 Å². The van der Waals surface area contributed by atoms with E-state index in [1.54, 1.807) is 4.90 Å². The van der Waals surface area contributed by atoms with Gasteiger partial charge >= 0.3 is 6.18 Å². The van der Waals surface area contributed by atoms with Crippen molar-refractivity contribution in [1.29, 1.82) is 0 Å². The Bertz CT molecular complexity index is 1170. The molecule has 0 radical (unpaired) electrons. The summed E-state index contributed by atoms with van der Waals surface area (Å²) in [5.41, 5.74) is -0.952. The van der Waals surface area contributed by atoms with Gasteiger partial charge in [-0.2, -0.15) is 13.2 Å². The minimum atomic E-state index is -4.60. The van der Waals surface area contributed by atoms with E-state index < -0.39 is 36.0 Å². The highest BCUT2D eigenvalue weighted by molar-refractivity contribution is 7.17. The number of pyridine rings is 1. The van der Waals surface area contributed by atoms with Crippen LogP contribution in [-0.2, 0) is 4.74 Å². The first-order chi connectivity index (χ1) is 19.0. The molecule has 4 rings (SSSR count). The quantitative estimate of drug-likeness (QED) is 0.382. The van der Waals surface area contributed by atoms with Crippen LogP contribution in [0.2, 0.25) is 0 Å². The Balaban J connectivity index is 0.00000216. The molecule has 2 aliphatic heterocycles. The van der Waals surface area contributed by atoms with Crippen molar-refractivity contribution in [2.24, 2.45) is 0 Å². The Kier molecular flexibility index (Phi) is 10.8. The van der Waals surface area contributed by atoms with E-state index in [9.17, 15) is 31.5 Å². The maximum atomic E-state index is 14.2. The maximum Gasteiger partial charge on any atom is 0.408 e. The molecule has 0 spiro atoms. The summed E-state index contributed by atoms with van der Waals surface area (Å²) in [6.07, 6.45) is -4.89. The first kappa shape index (κ1) is 31.6. The molecule has 2 saturated heterocycles.